The number of rotatable bonds is 6. The first-order valence-corrected chi connectivity index (χ1v) is 11.0. The average molecular weight is 457 g/mol. The second-order valence-corrected chi connectivity index (χ2v) is 9.40. The second-order valence-electron chi connectivity index (χ2n) is 6.29. The number of carbonyl (C=O) groups excluding carboxylic acids is 1. The Balaban J connectivity index is 1.81. The molecule has 3 rings (SSSR count). The third kappa shape index (κ3) is 4.88. The summed E-state index contributed by atoms with van der Waals surface area (Å²) in [5, 5.41) is 3.01. The number of hydrogen-bond acceptors (Lipinski definition) is 4. The molecule has 0 spiro atoms. The molecule has 0 radical (unpaired) electrons. The minimum absolute atomic E-state index is 0.0351. The van der Waals surface area contributed by atoms with Crippen molar-refractivity contribution in [3.63, 3.8) is 0 Å². The van der Waals surface area contributed by atoms with Crippen LogP contribution in [-0.2, 0) is 16.0 Å². The zero-order chi connectivity index (χ0) is 21.9. The van der Waals surface area contributed by atoms with Crippen LogP contribution in [-0.4, -0.2) is 20.9 Å². The van der Waals surface area contributed by atoms with E-state index in [0.717, 1.165) is 48.5 Å². The minimum Gasteiger partial charge on any atom is -0.350 e. The highest BCUT2D eigenvalue weighted by Gasteiger charge is 2.32. The van der Waals surface area contributed by atoms with Crippen LogP contribution in [0.4, 0.5) is 17.6 Å². The van der Waals surface area contributed by atoms with Gasteiger partial charge in [0.05, 0.1) is 10.5 Å². The Labute approximate surface area is 174 Å². The Kier molecular flexibility index (Phi) is 6.27. The molecule has 1 aromatic heterocycles. The Morgan fingerprint density at radius 1 is 1.00 bits per heavy atom. The summed E-state index contributed by atoms with van der Waals surface area (Å²) in [6.07, 6.45) is -4.53. The number of carbonyl (C=O) groups is 1. The lowest BCUT2D eigenvalue weighted by Gasteiger charge is -2.17. The molecule has 30 heavy (non-hydrogen) atoms. The summed E-state index contributed by atoms with van der Waals surface area (Å²) in [5.74, 6) is -1.29. The van der Waals surface area contributed by atoms with Gasteiger partial charge in [-0.3, -0.25) is 4.79 Å². The fourth-order valence-electron chi connectivity index (χ4n) is 2.72. The largest absolute Gasteiger partial charge is 0.416 e. The van der Waals surface area contributed by atoms with Crippen LogP contribution in [0.15, 0.2) is 70.9 Å². The minimum atomic E-state index is -4.53. The van der Waals surface area contributed by atoms with E-state index in [1.807, 2.05) is 0 Å². The van der Waals surface area contributed by atoms with Crippen LogP contribution in [0.25, 0.3) is 0 Å². The SMILES string of the molecule is O=C(NC[C@H](c1cccs1)S(=O)(=O)c1ccc(F)cc1)c1ccc(C(F)(F)F)cc1. The summed E-state index contributed by atoms with van der Waals surface area (Å²) in [7, 11) is -3.96. The number of sulfone groups is 1. The highest BCUT2D eigenvalue weighted by molar-refractivity contribution is 7.91. The van der Waals surface area contributed by atoms with Gasteiger partial charge in [-0.2, -0.15) is 13.2 Å². The van der Waals surface area contributed by atoms with Crippen molar-refractivity contribution in [2.75, 3.05) is 6.54 Å². The van der Waals surface area contributed by atoms with Crippen molar-refractivity contribution >= 4 is 27.1 Å². The summed E-state index contributed by atoms with van der Waals surface area (Å²) >= 11 is 1.18. The molecule has 10 heteroatoms. The third-order valence-electron chi connectivity index (χ3n) is 4.30. The average Bonchev–Trinajstić information content (AvgIpc) is 3.22. The fraction of sp³-hybridized carbons (Fsp3) is 0.150. The quantitative estimate of drug-likeness (QED) is 0.425. The molecule has 1 N–H and O–H groups in total. The summed E-state index contributed by atoms with van der Waals surface area (Å²) < 4.78 is 77.3. The number of amides is 1. The van der Waals surface area contributed by atoms with E-state index in [9.17, 15) is 30.8 Å². The topological polar surface area (TPSA) is 63.2 Å². The molecule has 0 bridgehead atoms. The molecule has 158 valence electrons. The number of thiophene rings is 1. The van der Waals surface area contributed by atoms with Crippen LogP contribution in [0.2, 0.25) is 0 Å². The molecule has 0 saturated heterocycles. The molecule has 0 aliphatic rings. The van der Waals surface area contributed by atoms with Gasteiger partial charge in [-0.25, -0.2) is 12.8 Å². The van der Waals surface area contributed by atoms with Gasteiger partial charge >= 0.3 is 6.18 Å². The van der Waals surface area contributed by atoms with Crippen molar-refractivity contribution in [1.29, 1.82) is 0 Å². The lowest BCUT2D eigenvalue weighted by molar-refractivity contribution is -0.137. The monoisotopic (exact) mass is 457 g/mol. The van der Waals surface area contributed by atoms with E-state index in [1.165, 1.54) is 11.3 Å². The van der Waals surface area contributed by atoms with Gasteiger partial charge in [-0.15, -0.1) is 11.3 Å². The number of halogens is 4. The normalized spacial score (nSPS) is 13.1. The molecule has 2 aromatic carbocycles. The molecule has 3 aromatic rings. The van der Waals surface area contributed by atoms with Gasteiger partial charge < -0.3 is 5.32 Å². The van der Waals surface area contributed by atoms with Crippen molar-refractivity contribution in [2.24, 2.45) is 0 Å². The first-order valence-electron chi connectivity index (χ1n) is 8.57. The van der Waals surface area contributed by atoms with Crippen molar-refractivity contribution in [3.8, 4) is 0 Å². The Morgan fingerprint density at radius 2 is 1.63 bits per heavy atom. The predicted octanol–water partition coefficient (Wildman–Crippen LogP) is 4.85. The van der Waals surface area contributed by atoms with E-state index in [0.29, 0.717) is 4.88 Å². The lowest BCUT2D eigenvalue weighted by atomic mass is 10.1. The maximum Gasteiger partial charge on any atom is 0.416 e. The van der Waals surface area contributed by atoms with E-state index >= 15 is 0 Å². The first kappa shape index (κ1) is 22.0. The van der Waals surface area contributed by atoms with E-state index in [-0.39, 0.29) is 17.0 Å². The Morgan fingerprint density at radius 3 is 2.17 bits per heavy atom. The number of benzene rings is 2. The van der Waals surface area contributed by atoms with Crippen molar-refractivity contribution < 1.29 is 30.8 Å². The predicted molar refractivity (Wildman–Crippen MR) is 104 cm³/mol. The molecule has 1 heterocycles. The first-order chi connectivity index (χ1) is 14.1. The van der Waals surface area contributed by atoms with Crippen LogP contribution >= 0.6 is 11.3 Å². The number of alkyl halides is 3. The maximum atomic E-state index is 13.2. The summed E-state index contributed by atoms with van der Waals surface area (Å²) in [6, 6.07) is 11.2. The Hall–Kier alpha value is -2.72. The van der Waals surface area contributed by atoms with Gasteiger partial charge in [0.1, 0.15) is 11.1 Å². The van der Waals surface area contributed by atoms with Gasteiger partial charge in [-0.1, -0.05) is 6.07 Å². The van der Waals surface area contributed by atoms with Gasteiger partial charge in [0.2, 0.25) is 0 Å². The zero-order valence-electron chi connectivity index (χ0n) is 15.2. The smallest absolute Gasteiger partial charge is 0.350 e. The molecular formula is C20H15F4NO3S2. The van der Waals surface area contributed by atoms with Crippen molar-refractivity contribution in [1.82, 2.24) is 5.32 Å². The van der Waals surface area contributed by atoms with Crippen LogP contribution in [0.5, 0.6) is 0 Å². The highest BCUT2D eigenvalue weighted by atomic mass is 32.2. The summed E-state index contributed by atoms with van der Waals surface area (Å²) in [4.78, 5) is 12.7. The van der Waals surface area contributed by atoms with Crippen LogP contribution < -0.4 is 5.32 Å². The molecular weight excluding hydrogens is 442 g/mol. The molecule has 0 saturated carbocycles. The number of hydrogen-bond donors (Lipinski definition) is 1. The molecule has 0 fully saturated rings. The summed E-state index contributed by atoms with van der Waals surface area (Å²) in [5.41, 5.74) is -0.929. The van der Waals surface area contributed by atoms with Crippen LogP contribution in [0.3, 0.4) is 0 Å². The maximum absolute atomic E-state index is 13.2. The van der Waals surface area contributed by atoms with E-state index in [1.54, 1.807) is 17.5 Å². The van der Waals surface area contributed by atoms with E-state index in [4.69, 9.17) is 0 Å². The van der Waals surface area contributed by atoms with Crippen molar-refractivity contribution in [3.05, 3.63) is 87.9 Å². The molecule has 0 aliphatic carbocycles. The molecule has 0 unspecified atom stereocenters. The van der Waals surface area contributed by atoms with Gasteiger partial charge in [0.25, 0.3) is 5.91 Å². The second kappa shape index (κ2) is 8.57. The Bertz CT molecular complexity index is 1110. The van der Waals surface area contributed by atoms with Crippen molar-refractivity contribution in [2.45, 2.75) is 16.3 Å². The molecule has 0 aliphatic heterocycles. The van der Waals surface area contributed by atoms with E-state index in [2.05, 4.69) is 5.32 Å². The van der Waals surface area contributed by atoms with Crippen LogP contribution in [0.1, 0.15) is 26.0 Å². The standard InChI is InChI=1S/C20H15F4NO3S2/c21-15-7-9-16(10-8-15)30(27,28)18(17-2-1-11-29-17)12-25-19(26)13-3-5-14(6-4-13)20(22,23)24/h1-11,18H,12H2,(H,25,26)/t18-/m1/s1. The van der Waals surface area contributed by atoms with Crippen LogP contribution in [0, 0.1) is 5.82 Å². The lowest BCUT2D eigenvalue weighted by Crippen LogP contribution is -2.31. The summed E-state index contributed by atoms with van der Waals surface area (Å²) in [6.45, 7) is -0.305. The highest BCUT2D eigenvalue weighted by Crippen LogP contribution is 2.32. The third-order valence-corrected chi connectivity index (χ3v) is 7.53. The fourth-order valence-corrected chi connectivity index (χ4v) is 5.51. The number of nitrogens with one attached hydrogen (secondary N) is 1. The van der Waals surface area contributed by atoms with Gasteiger partial charge in [0.15, 0.2) is 9.84 Å². The van der Waals surface area contributed by atoms with E-state index < -0.39 is 38.6 Å². The molecule has 4 nitrogen and oxygen atoms in total. The molecule has 1 atom stereocenters. The zero-order valence-corrected chi connectivity index (χ0v) is 16.8. The van der Waals surface area contributed by atoms with Gasteiger partial charge in [-0.05, 0) is 60.0 Å². The van der Waals surface area contributed by atoms with Gasteiger partial charge in [0, 0.05) is 17.0 Å². The molecule has 1 amide bonds.